The van der Waals surface area contributed by atoms with Crippen LogP contribution < -0.4 is 0 Å². The number of benzene rings is 1. The van der Waals surface area contributed by atoms with Gasteiger partial charge in [-0.05, 0) is 31.3 Å². The quantitative estimate of drug-likeness (QED) is 0.764. The Morgan fingerprint density at radius 3 is 2.58 bits per heavy atom. The predicted molar refractivity (Wildman–Crippen MR) is 81.4 cm³/mol. The van der Waals surface area contributed by atoms with Crippen molar-refractivity contribution in [3.8, 4) is 0 Å². The molecule has 0 radical (unpaired) electrons. The van der Waals surface area contributed by atoms with Crippen LogP contribution in [0.1, 0.15) is 15.2 Å². The van der Waals surface area contributed by atoms with Crippen molar-refractivity contribution in [1.29, 1.82) is 0 Å². The average Bonchev–Trinajstić information content (AvgIpc) is 2.74. The van der Waals surface area contributed by atoms with Crippen molar-refractivity contribution in [3.63, 3.8) is 0 Å². The third-order valence-electron chi connectivity index (χ3n) is 2.64. The molecule has 0 saturated heterocycles. The second kappa shape index (κ2) is 6.53. The van der Waals surface area contributed by atoms with Gasteiger partial charge in [0.15, 0.2) is 5.78 Å². The van der Waals surface area contributed by atoms with Crippen molar-refractivity contribution in [1.82, 2.24) is 4.90 Å². The number of Topliss-reactive ketones (excluding diaryl/α,β-unsaturated/α-hetero) is 1. The number of ketones is 1. The number of hydrogen-bond donors (Lipinski definition) is 0. The molecule has 0 unspecified atom stereocenters. The van der Waals surface area contributed by atoms with E-state index in [1.54, 1.807) is 12.1 Å². The Bertz CT molecular complexity index is 582. The Hall–Kier alpha value is -0.870. The lowest BCUT2D eigenvalue weighted by Gasteiger charge is -2.15. The van der Waals surface area contributed by atoms with E-state index in [1.165, 1.54) is 11.3 Å². The zero-order valence-electron chi connectivity index (χ0n) is 10.4. The molecule has 2 aromatic rings. The van der Waals surface area contributed by atoms with Crippen molar-refractivity contribution < 1.29 is 4.79 Å². The minimum Gasteiger partial charge on any atom is -0.294 e. The first-order chi connectivity index (χ1) is 9.06. The summed E-state index contributed by atoms with van der Waals surface area (Å²) in [7, 11) is 1.91. The summed E-state index contributed by atoms with van der Waals surface area (Å²) in [6, 6.07) is 11.0. The Kier molecular flexibility index (Phi) is 4.99. The Morgan fingerprint density at radius 1 is 1.21 bits per heavy atom. The van der Waals surface area contributed by atoms with E-state index in [0.717, 1.165) is 9.21 Å². The van der Waals surface area contributed by atoms with Crippen LogP contribution in [-0.4, -0.2) is 24.3 Å². The number of hydrogen-bond acceptors (Lipinski definition) is 3. The molecule has 0 saturated carbocycles. The highest BCUT2D eigenvalue weighted by Gasteiger charge is 2.13. The summed E-state index contributed by atoms with van der Waals surface area (Å²) in [4.78, 5) is 15.2. The summed E-state index contributed by atoms with van der Waals surface area (Å²) in [6.07, 6.45) is 0. The standard InChI is InChI=1S/C14H13Cl2NOS/c1-17(8-10-6-7-14(16)19-10)9-13(18)11-4-2-3-5-12(11)15/h2-7H,8-9H2,1H3. The van der Waals surface area contributed by atoms with E-state index in [2.05, 4.69) is 0 Å². The highest BCUT2D eigenvalue weighted by Crippen LogP contribution is 2.22. The molecule has 19 heavy (non-hydrogen) atoms. The van der Waals surface area contributed by atoms with Gasteiger partial charge in [0, 0.05) is 17.0 Å². The molecular formula is C14H13Cl2NOS. The zero-order chi connectivity index (χ0) is 13.8. The number of nitrogens with zero attached hydrogens (tertiary/aromatic N) is 1. The third kappa shape index (κ3) is 4.05. The molecule has 0 bridgehead atoms. The molecule has 100 valence electrons. The van der Waals surface area contributed by atoms with Gasteiger partial charge >= 0.3 is 0 Å². The second-order valence-corrected chi connectivity index (χ2v) is 6.49. The summed E-state index contributed by atoms with van der Waals surface area (Å²) in [5.74, 6) is 0.0238. The summed E-state index contributed by atoms with van der Waals surface area (Å²) in [5, 5.41) is 0.500. The lowest BCUT2D eigenvalue weighted by molar-refractivity contribution is 0.0943. The molecule has 0 amide bonds. The van der Waals surface area contributed by atoms with E-state index in [4.69, 9.17) is 23.2 Å². The Morgan fingerprint density at radius 2 is 1.95 bits per heavy atom. The van der Waals surface area contributed by atoms with E-state index in [1.807, 2.05) is 36.2 Å². The molecule has 1 aromatic carbocycles. The highest BCUT2D eigenvalue weighted by atomic mass is 35.5. The minimum absolute atomic E-state index is 0.0238. The van der Waals surface area contributed by atoms with Crippen LogP contribution in [-0.2, 0) is 6.54 Å². The molecule has 0 aliphatic heterocycles. The third-order valence-corrected chi connectivity index (χ3v) is 4.19. The zero-order valence-corrected chi connectivity index (χ0v) is 12.7. The van der Waals surface area contributed by atoms with Gasteiger partial charge in [-0.25, -0.2) is 0 Å². The van der Waals surface area contributed by atoms with Gasteiger partial charge in [-0.3, -0.25) is 9.69 Å². The first-order valence-electron chi connectivity index (χ1n) is 5.77. The molecule has 0 aliphatic rings. The number of thiophene rings is 1. The van der Waals surface area contributed by atoms with Crippen LogP contribution >= 0.6 is 34.5 Å². The van der Waals surface area contributed by atoms with Crippen LogP contribution in [0.25, 0.3) is 0 Å². The maximum atomic E-state index is 12.1. The molecule has 0 spiro atoms. The van der Waals surface area contributed by atoms with Gasteiger partial charge in [-0.15, -0.1) is 11.3 Å². The Labute approximate surface area is 126 Å². The largest absolute Gasteiger partial charge is 0.294 e. The minimum atomic E-state index is 0.0238. The molecule has 0 N–H and O–H groups in total. The smallest absolute Gasteiger partial charge is 0.178 e. The van der Waals surface area contributed by atoms with Crippen LogP contribution in [0.5, 0.6) is 0 Å². The summed E-state index contributed by atoms with van der Waals surface area (Å²) in [5.41, 5.74) is 0.570. The molecule has 1 aromatic heterocycles. The maximum Gasteiger partial charge on any atom is 0.178 e. The number of likely N-dealkylation sites (N-methyl/N-ethyl adjacent to an activating group) is 1. The molecule has 1 heterocycles. The first-order valence-corrected chi connectivity index (χ1v) is 7.34. The fourth-order valence-corrected chi connectivity index (χ4v) is 3.19. The number of carbonyl (C=O) groups is 1. The molecule has 2 rings (SSSR count). The maximum absolute atomic E-state index is 12.1. The van der Waals surface area contributed by atoms with E-state index in [0.29, 0.717) is 23.7 Å². The van der Waals surface area contributed by atoms with Gasteiger partial charge < -0.3 is 0 Å². The SMILES string of the molecule is CN(CC(=O)c1ccccc1Cl)Cc1ccc(Cl)s1. The van der Waals surface area contributed by atoms with Gasteiger partial charge in [0.05, 0.1) is 15.9 Å². The van der Waals surface area contributed by atoms with Crippen molar-refractivity contribution in [3.05, 3.63) is 56.2 Å². The lowest BCUT2D eigenvalue weighted by atomic mass is 10.1. The van der Waals surface area contributed by atoms with E-state index >= 15 is 0 Å². The predicted octanol–water partition coefficient (Wildman–Crippen LogP) is 4.37. The van der Waals surface area contributed by atoms with Crippen molar-refractivity contribution in [2.75, 3.05) is 13.6 Å². The second-order valence-electron chi connectivity index (χ2n) is 4.28. The van der Waals surface area contributed by atoms with Crippen LogP contribution in [0.2, 0.25) is 9.36 Å². The van der Waals surface area contributed by atoms with E-state index in [9.17, 15) is 4.79 Å². The Balaban J connectivity index is 1.97. The number of halogens is 2. The molecule has 0 fully saturated rings. The van der Waals surface area contributed by atoms with E-state index in [-0.39, 0.29) is 5.78 Å². The van der Waals surface area contributed by atoms with Crippen LogP contribution in [0.3, 0.4) is 0 Å². The lowest BCUT2D eigenvalue weighted by Crippen LogP contribution is -2.25. The topological polar surface area (TPSA) is 20.3 Å². The summed E-state index contributed by atoms with van der Waals surface area (Å²) in [6.45, 7) is 1.03. The van der Waals surface area contributed by atoms with Crippen molar-refractivity contribution in [2.24, 2.45) is 0 Å². The van der Waals surface area contributed by atoms with Gasteiger partial charge in [-0.1, -0.05) is 35.3 Å². The monoisotopic (exact) mass is 313 g/mol. The van der Waals surface area contributed by atoms with Crippen LogP contribution in [0.4, 0.5) is 0 Å². The first kappa shape index (κ1) is 14.5. The van der Waals surface area contributed by atoms with Crippen molar-refractivity contribution in [2.45, 2.75) is 6.54 Å². The molecule has 2 nitrogen and oxygen atoms in total. The molecule has 5 heteroatoms. The molecular weight excluding hydrogens is 301 g/mol. The molecule has 0 atom stereocenters. The van der Waals surface area contributed by atoms with Gasteiger partial charge in [0.1, 0.15) is 0 Å². The number of rotatable bonds is 5. The van der Waals surface area contributed by atoms with E-state index < -0.39 is 0 Å². The number of carbonyl (C=O) groups excluding carboxylic acids is 1. The average molecular weight is 314 g/mol. The highest BCUT2D eigenvalue weighted by molar-refractivity contribution is 7.16. The fourth-order valence-electron chi connectivity index (χ4n) is 1.78. The van der Waals surface area contributed by atoms with Crippen LogP contribution in [0, 0.1) is 0 Å². The van der Waals surface area contributed by atoms with Gasteiger partial charge in [-0.2, -0.15) is 0 Å². The van der Waals surface area contributed by atoms with Crippen LogP contribution in [0.15, 0.2) is 36.4 Å². The van der Waals surface area contributed by atoms with Crippen molar-refractivity contribution >= 4 is 40.3 Å². The van der Waals surface area contributed by atoms with Gasteiger partial charge in [0.2, 0.25) is 0 Å². The summed E-state index contributed by atoms with van der Waals surface area (Å²) < 4.78 is 0.765. The van der Waals surface area contributed by atoms with Gasteiger partial charge in [0.25, 0.3) is 0 Å². The normalized spacial score (nSPS) is 10.9. The summed E-state index contributed by atoms with van der Waals surface area (Å²) >= 11 is 13.4. The molecule has 0 aliphatic carbocycles. The fraction of sp³-hybridized carbons (Fsp3) is 0.214.